The Morgan fingerprint density at radius 1 is 1.07 bits per heavy atom. The molecule has 28 heavy (non-hydrogen) atoms. The molecule has 2 aromatic carbocycles. The molecule has 0 bridgehead atoms. The average molecular weight is 375 g/mol. The normalized spacial score (nSPS) is 17.0. The zero-order valence-electron chi connectivity index (χ0n) is 16.0. The quantitative estimate of drug-likeness (QED) is 0.529. The van der Waals surface area contributed by atoms with Crippen molar-refractivity contribution in [3.63, 3.8) is 0 Å². The summed E-state index contributed by atoms with van der Waals surface area (Å²) in [6, 6.07) is 21.0. The topological polar surface area (TPSA) is 70.4 Å². The van der Waals surface area contributed by atoms with Gasteiger partial charge in [0, 0.05) is 37.6 Å². The number of hydrogen-bond donors (Lipinski definition) is 2. The van der Waals surface area contributed by atoms with Crippen LogP contribution in [0.3, 0.4) is 0 Å². The van der Waals surface area contributed by atoms with E-state index in [1.54, 1.807) is 13.4 Å². The van der Waals surface area contributed by atoms with Crippen LogP contribution in [0.1, 0.15) is 12.2 Å². The predicted molar refractivity (Wildman–Crippen MR) is 112 cm³/mol. The molecule has 3 aromatic rings. The molecule has 1 aliphatic rings. The Labute approximate surface area is 165 Å². The molecule has 7 heteroatoms. The Balaban J connectivity index is 1.34. The van der Waals surface area contributed by atoms with Gasteiger partial charge in [-0.1, -0.05) is 36.4 Å². The van der Waals surface area contributed by atoms with E-state index >= 15 is 0 Å². The summed E-state index contributed by atoms with van der Waals surface area (Å²) in [4.78, 5) is 6.77. The molecular formula is C21H25N7. The lowest BCUT2D eigenvalue weighted by molar-refractivity contribution is 0.643. The van der Waals surface area contributed by atoms with Crippen molar-refractivity contribution < 1.29 is 0 Å². The van der Waals surface area contributed by atoms with Gasteiger partial charge in [0.15, 0.2) is 11.8 Å². The molecule has 1 saturated heterocycles. The molecule has 0 radical (unpaired) electrons. The third-order valence-corrected chi connectivity index (χ3v) is 4.94. The Kier molecular flexibility index (Phi) is 5.51. The Hall–Kier alpha value is -3.35. The molecule has 1 aromatic heterocycles. The number of guanidine groups is 1. The number of rotatable bonds is 5. The van der Waals surface area contributed by atoms with Gasteiger partial charge >= 0.3 is 0 Å². The number of anilines is 1. The summed E-state index contributed by atoms with van der Waals surface area (Å²) >= 11 is 0. The number of nitrogens with zero attached hydrogens (tertiary/aromatic N) is 5. The van der Waals surface area contributed by atoms with E-state index in [9.17, 15) is 0 Å². The van der Waals surface area contributed by atoms with Crippen molar-refractivity contribution in [1.82, 2.24) is 25.4 Å². The highest BCUT2D eigenvalue weighted by atomic mass is 15.3. The molecular weight excluding hydrogens is 350 g/mol. The zero-order chi connectivity index (χ0) is 19.2. The number of para-hydroxylation sites is 2. The Bertz CT molecular complexity index is 905. The molecule has 1 fully saturated rings. The summed E-state index contributed by atoms with van der Waals surface area (Å²) in [5, 5.41) is 15.2. The molecule has 1 atom stereocenters. The van der Waals surface area contributed by atoms with E-state index in [1.165, 1.54) is 5.69 Å². The van der Waals surface area contributed by atoms with Crippen LogP contribution < -0.4 is 15.5 Å². The van der Waals surface area contributed by atoms with E-state index in [-0.39, 0.29) is 0 Å². The van der Waals surface area contributed by atoms with Gasteiger partial charge in [-0.2, -0.15) is 0 Å². The SMILES string of the molecule is CN=C(NCc1nncn1-c1ccccc1)NC1CCN(c2ccccc2)C1. The van der Waals surface area contributed by atoms with Crippen LogP contribution in [0.5, 0.6) is 0 Å². The van der Waals surface area contributed by atoms with E-state index in [1.807, 2.05) is 34.9 Å². The van der Waals surface area contributed by atoms with Crippen molar-refractivity contribution in [2.45, 2.75) is 19.0 Å². The average Bonchev–Trinajstić information content (AvgIpc) is 3.42. The lowest BCUT2D eigenvalue weighted by atomic mass is 10.3. The van der Waals surface area contributed by atoms with Gasteiger partial charge in [-0.15, -0.1) is 10.2 Å². The lowest BCUT2D eigenvalue weighted by Gasteiger charge is -2.20. The van der Waals surface area contributed by atoms with Gasteiger partial charge in [-0.25, -0.2) is 0 Å². The summed E-state index contributed by atoms with van der Waals surface area (Å²) in [6.45, 7) is 2.55. The Morgan fingerprint density at radius 3 is 2.50 bits per heavy atom. The molecule has 2 heterocycles. The van der Waals surface area contributed by atoms with Crippen LogP contribution in [-0.4, -0.2) is 46.9 Å². The van der Waals surface area contributed by atoms with Crippen molar-refractivity contribution in [1.29, 1.82) is 0 Å². The van der Waals surface area contributed by atoms with Crippen molar-refractivity contribution in [2.75, 3.05) is 25.0 Å². The van der Waals surface area contributed by atoms with E-state index in [2.05, 4.69) is 61.1 Å². The van der Waals surface area contributed by atoms with Crippen LogP contribution in [0.4, 0.5) is 5.69 Å². The van der Waals surface area contributed by atoms with Crippen LogP contribution in [0.25, 0.3) is 5.69 Å². The first-order valence-corrected chi connectivity index (χ1v) is 9.55. The maximum absolute atomic E-state index is 4.37. The first-order chi connectivity index (χ1) is 13.8. The lowest BCUT2D eigenvalue weighted by Crippen LogP contribution is -2.44. The minimum atomic E-state index is 0.360. The summed E-state index contributed by atoms with van der Waals surface area (Å²) in [6.07, 6.45) is 2.81. The largest absolute Gasteiger partial charge is 0.369 e. The van der Waals surface area contributed by atoms with Gasteiger partial charge in [0.05, 0.1) is 6.54 Å². The molecule has 1 aliphatic heterocycles. The van der Waals surface area contributed by atoms with Gasteiger partial charge in [0.2, 0.25) is 0 Å². The van der Waals surface area contributed by atoms with Gasteiger partial charge in [-0.3, -0.25) is 9.56 Å². The fourth-order valence-corrected chi connectivity index (χ4v) is 3.49. The second-order valence-electron chi connectivity index (χ2n) is 6.79. The standard InChI is InChI=1S/C21H25N7/c1-22-21(25-17-12-13-27(15-17)18-8-4-2-5-9-18)23-14-20-26-24-16-28(20)19-10-6-3-7-11-19/h2-11,16-17H,12-15H2,1H3,(H2,22,23,25). The van der Waals surface area contributed by atoms with E-state index in [0.29, 0.717) is 12.6 Å². The van der Waals surface area contributed by atoms with Gasteiger partial charge in [0.1, 0.15) is 6.33 Å². The number of aliphatic imine (C=N–C) groups is 1. The van der Waals surface area contributed by atoms with E-state index in [0.717, 1.165) is 37.0 Å². The van der Waals surface area contributed by atoms with Gasteiger partial charge < -0.3 is 15.5 Å². The van der Waals surface area contributed by atoms with E-state index in [4.69, 9.17) is 0 Å². The number of aromatic nitrogens is 3. The highest BCUT2D eigenvalue weighted by Gasteiger charge is 2.23. The van der Waals surface area contributed by atoms with Crippen molar-refractivity contribution in [3.05, 3.63) is 72.8 Å². The zero-order valence-corrected chi connectivity index (χ0v) is 16.0. The molecule has 0 amide bonds. The summed E-state index contributed by atoms with van der Waals surface area (Å²) in [5.74, 6) is 1.62. The van der Waals surface area contributed by atoms with Crippen LogP contribution >= 0.6 is 0 Å². The fourth-order valence-electron chi connectivity index (χ4n) is 3.49. The summed E-state index contributed by atoms with van der Waals surface area (Å²) < 4.78 is 1.98. The first kappa shape index (κ1) is 18.0. The highest BCUT2D eigenvalue weighted by Crippen LogP contribution is 2.19. The van der Waals surface area contributed by atoms with Gasteiger partial charge in [-0.05, 0) is 30.7 Å². The smallest absolute Gasteiger partial charge is 0.191 e. The molecule has 7 nitrogen and oxygen atoms in total. The monoisotopic (exact) mass is 375 g/mol. The van der Waals surface area contributed by atoms with Crippen molar-refractivity contribution >= 4 is 11.6 Å². The van der Waals surface area contributed by atoms with Crippen molar-refractivity contribution in [2.24, 2.45) is 4.99 Å². The Morgan fingerprint density at radius 2 is 1.79 bits per heavy atom. The molecule has 144 valence electrons. The first-order valence-electron chi connectivity index (χ1n) is 9.55. The third kappa shape index (κ3) is 4.14. The molecule has 0 saturated carbocycles. The molecule has 4 rings (SSSR count). The molecule has 1 unspecified atom stereocenters. The predicted octanol–water partition coefficient (Wildman–Crippen LogP) is 2.21. The molecule has 2 N–H and O–H groups in total. The number of nitrogens with one attached hydrogen (secondary N) is 2. The maximum Gasteiger partial charge on any atom is 0.191 e. The van der Waals surface area contributed by atoms with Crippen LogP contribution in [0.2, 0.25) is 0 Å². The molecule has 0 aliphatic carbocycles. The third-order valence-electron chi connectivity index (χ3n) is 4.94. The van der Waals surface area contributed by atoms with Gasteiger partial charge in [0.25, 0.3) is 0 Å². The second-order valence-corrected chi connectivity index (χ2v) is 6.79. The fraction of sp³-hybridized carbons (Fsp3) is 0.286. The van der Waals surface area contributed by atoms with Crippen LogP contribution in [0, 0.1) is 0 Å². The summed E-state index contributed by atoms with van der Waals surface area (Å²) in [7, 11) is 1.79. The van der Waals surface area contributed by atoms with E-state index < -0.39 is 0 Å². The number of benzene rings is 2. The van der Waals surface area contributed by atoms with Crippen molar-refractivity contribution in [3.8, 4) is 5.69 Å². The van der Waals surface area contributed by atoms with Crippen LogP contribution in [0.15, 0.2) is 72.0 Å². The molecule has 0 spiro atoms. The minimum absolute atomic E-state index is 0.360. The number of hydrogen-bond acceptors (Lipinski definition) is 4. The summed E-state index contributed by atoms with van der Waals surface area (Å²) in [5.41, 5.74) is 2.31. The minimum Gasteiger partial charge on any atom is -0.369 e. The van der Waals surface area contributed by atoms with Crippen LogP contribution in [-0.2, 0) is 6.54 Å². The maximum atomic E-state index is 4.37. The second kappa shape index (κ2) is 8.56. The highest BCUT2D eigenvalue weighted by molar-refractivity contribution is 5.80.